The van der Waals surface area contributed by atoms with Crippen LogP contribution < -0.4 is 0 Å². The van der Waals surface area contributed by atoms with Crippen molar-refractivity contribution in [3.63, 3.8) is 0 Å². The molecule has 84 valence electrons. The molecule has 0 aliphatic heterocycles. The molecule has 0 aliphatic rings. The fraction of sp³-hybridized carbons (Fsp3) is 0.538. The minimum Gasteiger partial charge on any atom is -0.396 e. The Labute approximate surface area is 91.6 Å². The molecule has 0 aromatic heterocycles. The fourth-order valence-electron chi connectivity index (χ4n) is 1.66. The van der Waals surface area contributed by atoms with E-state index in [1.54, 1.807) is 0 Å². The van der Waals surface area contributed by atoms with Crippen molar-refractivity contribution >= 4 is 0 Å². The molecule has 0 aliphatic carbocycles. The number of benzene rings is 1. The first-order chi connectivity index (χ1) is 7.33. The second-order valence-corrected chi connectivity index (χ2v) is 3.90. The summed E-state index contributed by atoms with van der Waals surface area (Å²) in [7, 11) is 0. The minimum atomic E-state index is -0.249. The Morgan fingerprint density at radius 1 is 1.00 bits per heavy atom. The highest BCUT2D eigenvalue weighted by Gasteiger charge is 2.03. The summed E-state index contributed by atoms with van der Waals surface area (Å²) in [5.41, 5.74) is 1.33. The van der Waals surface area contributed by atoms with Crippen LogP contribution in [-0.2, 0) is 6.42 Å². The third-order valence-electron chi connectivity index (χ3n) is 2.54. The lowest BCUT2D eigenvalue weighted by Gasteiger charge is -2.09. The second kappa shape index (κ2) is 7.43. The minimum absolute atomic E-state index is 0.176. The van der Waals surface area contributed by atoms with Gasteiger partial charge in [-0.2, -0.15) is 0 Å². The van der Waals surface area contributed by atoms with Crippen LogP contribution in [0.2, 0.25) is 0 Å². The summed E-state index contributed by atoms with van der Waals surface area (Å²) in [5, 5.41) is 18.2. The van der Waals surface area contributed by atoms with Crippen LogP contribution in [0.3, 0.4) is 0 Å². The van der Waals surface area contributed by atoms with Gasteiger partial charge in [0.15, 0.2) is 0 Å². The van der Waals surface area contributed by atoms with Crippen molar-refractivity contribution in [1.82, 2.24) is 0 Å². The van der Waals surface area contributed by atoms with Gasteiger partial charge in [-0.1, -0.05) is 30.3 Å². The van der Waals surface area contributed by atoms with Gasteiger partial charge in [-0.25, -0.2) is 0 Å². The van der Waals surface area contributed by atoms with Gasteiger partial charge in [0.2, 0.25) is 0 Å². The number of hydrogen-bond donors (Lipinski definition) is 2. The Morgan fingerprint density at radius 3 is 2.33 bits per heavy atom. The molecule has 0 bridgehead atoms. The van der Waals surface area contributed by atoms with E-state index in [4.69, 9.17) is 5.11 Å². The van der Waals surface area contributed by atoms with Gasteiger partial charge in [-0.3, -0.25) is 0 Å². The Kier molecular flexibility index (Phi) is 6.05. The molecule has 2 heteroatoms. The van der Waals surface area contributed by atoms with Crippen molar-refractivity contribution in [1.29, 1.82) is 0 Å². The zero-order chi connectivity index (χ0) is 10.9. The molecule has 2 N–H and O–H groups in total. The van der Waals surface area contributed by atoms with Crippen molar-refractivity contribution in [3.8, 4) is 0 Å². The maximum Gasteiger partial charge on any atom is 0.0541 e. The van der Waals surface area contributed by atoms with E-state index in [9.17, 15) is 5.11 Å². The van der Waals surface area contributed by atoms with Gasteiger partial charge in [0, 0.05) is 6.61 Å². The summed E-state index contributed by atoms with van der Waals surface area (Å²) in [6.07, 6.45) is 4.03. The van der Waals surface area contributed by atoms with Crippen LogP contribution in [0.4, 0.5) is 0 Å². The Morgan fingerprint density at radius 2 is 1.67 bits per heavy atom. The van der Waals surface area contributed by atoms with Crippen LogP contribution >= 0.6 is 0 Å². The highest BCUT2D eigenvalue weighted by molar-refractivity contribution is 5.14. The molecule has 0 spiro atoms. The average molecular weight is 208 g/mol. The fourth-order valence-corrected chi connectivity index (χ4v) is 1.66. The molecule has 1 rings (SSSR count). The molecule has 1 aromatic carbocycles. The molecule has 1 unspecified atom stereocenters. The highest BCUT2D eigenvalue weighted by atomic mass is 16.3. The number of aryl methyl sites for hydroxylation is 1. The molecular formula is C13H20O2. The summed E-state index contributed by atoms with van der Waals surface area (Å²) < 4.78 is 0. The first kappa shape index (κ1) is 12.2. The molecule has 2 nitrogen and oxygen atoms in total. The SMILES string of the molecule is OCCCC(O)CCCc1ccccc1. The van der Waals surface area contributed by atoms with Crippen LogP contribution in [0, 0.1) is 0 Å². The molecule has 0 saturated heterocycles. The molecule has 15 heavy (non-hydrogen) atoms. The quantitative estimate of drug-likeness (QED) is 0.720. The summed E-state index contributed by atoms with van der Waals surface area (Å²) in [4.78, 5) is 0. The molecule has 0 saturated carbocycles. The van der Waals surface area contributed by atoms with E-state index in [0.717, 1.165) is 19.3 Å². The van der Waals surface area contributed by atoms with Crippen molar-refractivity contribution < 1.29 is 10.2 Å². The number of hydrogen-bond acceptors (Lipinski definition) is 2. The maximum absolute atomic E-state index is 9.55. The summed E-state index contributed by atoms with van der Waals surface area (Å²) in [5.74, 6) is 0. The van der Waals surface area contributed by atoms with E-state index in [-0.39, 0.29) is 12.7 Å². The molecular weight excluding hydrogens is 188 g/mol. The third-order valence-corrected chi connectivity index (χ3v) is 2.54. The predicted molar refractivity (Wildman–Crippen MR) is 61.7 cm³/mol. The largest absolute Gasteiger partial charge is 0.396 e. The average Bonchev–Trinajstić information content (AvgIpc) is 2.28. The van der Waals surface area contributed by atoms with Gasteiger partial charge in [-0.05, 0) is 37.7 Å². The van der Waals surface area contributed by atoms with Gasteiger partial charge < -0.3 is 10.2 Å². The van der Waals surface area contributed by atoms with Crippen molar-refractivity contribution in [3.05, 3.63) is 35.9 Å². The molecule has 0 radical (unpaired) electrons. The predicted octanol–water partition coefficient (Wildman–Crippen LogP) is 2.14. The zero-order valence-corrected chi connectivity index (χ0v) is 9.10. The first-order valence-corrected chi connectivity index (χ1v) is 5.66. The highest BCUT2D eigenvalue weighted by Crippen LogP contribution is 2.09. The maximum atomic E-state index is 9.55. The van der Waals surface area contributed by atoms with Crippen LogP contribution in [0.25, 0.3) is 0 Å². The number of rotatable bonds is 7. The molecule has 0 amide bonds. The Hall–Kier alpha value is -0.860. The lowest BCUT2D eigenvalue weighted by Crippen LogP contribution is -2.07. The van der Waals surface area contributed by atoms with Gasteiger partial charge in [-0.15, -0.1) is 0 Å². The first-order valence-electron chi connectivity index (χ1n) is 5.66. The van der Waals surface area contributed by atoms with E-state index in [0.29, 0.717) is 12.8 Å². The molecule has 0 heterocycles. The van der Waals surface area contributed by atoms with Crippen LogP contribution in [0.1, 0.15) is 31.2 Å². The zero-order valence-electron chi connectivity index (χ0n) is 9.10. The smallest absolute Gasteiger partial charge is 0.0541 e. The lowest BCUT2D eigenvalue weighted by molar-refractivity contribution is 0.139. The van der Waals surface area contributed by atoms with E-state index in [1.807, 2.05) is 18.2 Å². The van der Waals surface area contributed by atoms with Crippen LogP contribution in [0.5, 0.6) is 0 Å². The van der Waals surface area contributed by atoms with E-state index < -0.39 is 0 Å². The van der Waals surface area contributed by atoms with E-state index in [2.05, 4.69) is 12.1 Å². The van der Waals surface area contributed by atoms with Gasteiger partial charge in [0.1, 0.15) is 0 Å². The molecule has 1 aromatic rings. The number of aliphatic hydroxyl groups excluding tert-OH is 2. The lowest BCUT2D eigenvalue weighted by atomic mass is 10.0. The second-order valence-electron chi connectivity index (χ2n) is 3.90. The van der Waals surface area contributed by atoms with Crippen molar-refractivity contribution in [2.45, 2.75) is 38.2 Å². The van der Waals surface area contributed by atoms with Gasteiger partial charge in [0.25, 0.3) is 0 Å². The summed E-state index contributed by atoms with van der Waals surface area (Å²) >= 11 is 0. The Bertz CT molecular complexity index is 246. The van der Waals surface area contributed by atoms with Crippen LogP contribution in [-0.4, -0.2) is 22.9 Å². The molecule has 0 fully saturated rings. The summed E-state index contributed by atoms with van der Waals surface area (Å²) in [6.45, 7) is 0.176. The summed E-state index contributed by atoms with van der Waals surface area (Å²) in [6, 6.07) is 10.3. The van der Waals surface area contributed by atoms with Crippen molar-refractivity contribution in [2.75, 3.05) is 6.61 Å². The van der Waals surface area contributed by atoms with E-state index >= 15 is 0 Å². The van der Waals surface area contributed by atoms with Gasteiger partial charge in [0.05, 0.1) is 6.10 Å². The van der Waals surface area contributed by atoms with Crippen LogP contribution in [0.15, 0.2) is 30.3 Å². The van der Waals surface area contributed by atoms with Gasteiger partial charge >= 0.3 is 0 Å². The number of aliphatic hydroxyl groups is 2. The third kappa shape index (κ3) is 5.55. The van der Waals surface area contributed by atoms with Crippen molar-refractivity contribution in [2.24, 2.45) is 0 Å². The normalized spacial score (nSPS) is 12.7. The molecule has 1 atom stereocenters. The topological polar surface area (TPSA) is 40.5 Å². The van der Waals surface area contributed by atoms with E-state index in [1.165, 1.54) is 5.56 Å². The standard InChI is InChI=1S/C13H20O2/c14-11-5-10-13(15)9-4-8-12-6-2-1-3-7-12/h1-3,6-7,13-15H,4-5,8-11H2. The monoisotopic (exact) mass is 208 g/mol. The Balaban J connectivity index is 2.11.